The van der Waals surface area contributed by atoms with Crippen molar-refractivity contribution in [3.05, 3.63) is 65.9 Å². The molecule has 6 aromatic rings. The van der Waals surface area contributed by atoms with Gasteiger partial charge in [-0.3, -0.25) is 4.98 Å². The Balaban J connectivity index is 1.59. The molecule has 0 aliphatic rings. The van der Waals surface area contributed by atoms with E-state index < -0.39 is 0 Å². The molecule has 0 atom stereocenters. The number of fused-ring (bicyclic) bond motifs is 4. The van der Waals surface area contributed by atoms with Crippen LogP contribution in [0.4, 0.5) is 11.5 Å². The van der Waals surface area contributed by atoms with Crippen molar-refractivity contribution in [1.29, 1.82) is 0 Å². The molecule has 168 valence electrons. The van der Waals surface area contributed by atoms with Crippen molar-refractivity contribution in [3.8, 4) is 16.9 Å². The van der Waals surface area contributed by atoms with Crippen LogP contribution < -0.4 is 10.1 Å². The van der Waals surface area contributed by atoms with Crippen molar-refractivity contribution in [2.75, 3.05) is 12.4 Å². The summed E-state index contributed by atoms with van der Waals surface area (Å²) in [4.78, 5) is 17.4. The molecule has 34 heavy (non-hydrogen) atoms. The Bertz CT molecular complexity index is 1690. The number of H-pyrrole nitrogens is 1. The quantitative estimate of drug-likeness (QED) is 0.340. The smallest absolute Gasteiger partial charge is 0.144 e. The number of nitrogens with one attached hydrogen (secondary N) is 2. The summed E-state index contributed by atoms with van der Waals surface area (Å²) in [5.74, 6) is 2.85. The Hall–Kier alpha value is -4.46. The lowest BCUT2D eigenvalue weighted by molar-refractivity contribution is 0.393. The van der Waals surface area contributed by atoms with Gasteiger partial charge in [-0.25, -0.2) is 9.97 Å². The van der Waals surface area contributed by atoms with Crippen LogP contribution in [0.25, 0.3) is 44.0 Å². The first-order chi connectivity index (χ1) is 16.5. The van der Waals surface area contributed by atoms with Crippen molar-refractivity contribution in [1.82, 2.24) is 25.1 Å². The summed E-state index contributed by atoms with van der Waals surface area (Å²) in [6, 6.07) is 14.1. The van der Waals surface area contributed by atoms with E-state index in [2.05, 4.69) is 31.5 Å². The third-order valence-corrected chi connectivity index (χ3v) is 6.08. The minimum Gasteiger partial charge on any atom is -0.496 e. The van der Waals surface area contributed by atoms with Crippen LogP contribution in [-0.4, -0.2) is 32.2 Å². The highest BCUT2D eigenvalue weighted by molar-refractivity contribution is 6.13. The van der Waals surface area contributed by atoms with E-state index in [4.69, 9.17) is 14.2 Å². The van der Waals surface area contributed by atoms with Crippen LogP contribution in [0.3, 0.4) is 0 Å². The standard InChI is InChI=1S/C26H22N6O2/c1-13-23(14(2)34-32-13)18-11-21-17(12-22(18)33-4)24-25(28-15(3)29-26(24)31-21)30-20-9-5-8-19-16(20)7-6-10-27-19/h5-12H,1-4H3,(H2,28,29,30,31). The molecule has 0 saturated heterocycles. The summed E-state index contributed by atoms with van der Waals surface area (Å²) in [5, 5.41) is 10.5. The Morgan fingerprint density at radius 2 is 1.88 bits per heavy atom. The normalized spacial score (nSPS) is 11.5. The molecule has 8 nitrogen and oxygen atoms in total. The molecule has 0 amide bonds. The molecule has 8 heteroatoms. The Kier molecular flexibility index (Phi) is 4.48. The largest absolute Gasteiger partial charge is 0.496 e. The van der Waals surface area contributed by atoms with Gasteiger partial charge >= 0.3 is 0 Å². The highest BCUT2D eigenvalue weighted by Gasteiger charge is 2.20. The second-order valence-corrected chi connectivity index (χ2v) is 8.27. The summed E-state index contributed by atoms with van der Waals surface area (Å²) in [6.07, 6.45) is 1.79. The molecule has 4 aromatic heterocycles. The Morgan fingerprint density at radius 3 is 2.68 bits per heavy atom. The number of nitrogens with zero attached hydrogens (tertiary/aromatic N) is 4. The van der Waals surface area contributed by atoms with Crippen LogP contribution in [0.2, 0.25) is 0 Å². The lowest BCUT2D eigenvalue weighted by atomic mass is 10.0. The number of anilines is 2. The van der Waals surface area contributed by atoms with Crippen LogP contribution >= 0.6 is 0 Å². The number of ether oxygens (including phenoxy) is 1. The Morgan fingerprint density at radius 1 is 1.00 bits per heavy atom. The Labute approximate surface area is 195 Å². The van der Waals surface area contributed by atoms with E-state index in [1.807, 2.05) is 57.2 Å². The molecule has 0 aliphatic heterocycles. The maximum atomic E-state index is 5.79. The van der Waals surface area contributed by atoms with Gasteiger partial charge in [0.05, 0.1) is 29.3 Å². The number of hydrogen-bond donors (Lipinski definition) is 2. The molecule has 2 N–H and O–H groups in total. The van der Waals surface area contributed by atoms with Gasteiger partial charge in [-0.2, -0.15) is 0 Å². The first-order valence-corrected chi connectivity index (χ1v) is 11.0. The maximum Gasteiger partial charge on any atom is 0.144 e. The van der Waals surface area contributed by atoms with Gasteiger partial charge in [0.1, 0.15) is 28.8 Å². The van der Waals surface area contributed by atoms with Crippen molar-refractivity contribution < 1.29 is 9.26 Å². The van der Waals surface area contributed by atoms with Crippen LogP contribution in [-0.2, 0) is 0 Å². The van der Waals surface area contributed by atoms with Crippen LogP contribution in [0.1, 0.15) is 17.3 Å². The fourth-order valence-corrected chi connectivity index (χ4v) is 4.60. The summed E-state index contributed by atoms with van der Waals surface area (Å²) >= 11 is 0. The van der Waals surface area contributed by atoms with E-state index in [-0.39, 0.29) is 0 Å². The first-order valence-electron chi connectivity index (χ1n) is 11.0. The van der Waals surface area contributed by atoms with E-state index in [1.165, 1.54) is 0 Å². The summed E-state index contributed by atoms with van der Waals surface area (Å²) in [6.45, 7) is 5.72. The number of aromatic nitrogens is 5. The highest BCUT2D eigenvalue weighted by Crippen LogP contribution is 2.41. The van der Waals surface area contributed by atoms with Crippen LogP contribution in [0.5, 0.6) is 5.75 Å². The molecule has 0 spiro atoms. The van der Waals surface area contributed by atoms with Gasteiger partial charge in [-0.1, -0.05) is 11.2 Å². The number of rotatable bonds is 4. The highest BCUT2D eigenvalue weighted by atomic mass is 16.5. The molecular formula is C26H22N6O2. The van der Waals surface area contributed by atoms with Gasteiger partial charge in [0.2, 0.25) is 0 Å². The zero-order valence-corrected chi connectivity index (χ0v) is 19.2. The van der Waals surface area contributed by atoms with Gasteiger partial charge in [0.25, 0.3) is 0 Å². The molecule has 6 rings (SSSR count). The maximum absolute atomic E-state index is 5.79. The van der Waals surface area contributed by atoms with Gasteiger partial charge in [-0.15, -0.1) is 0 Å². The van der Waals surface area contributed by atoms with Gasteiger partial charge < -0.3 is 19.6 Å². The van der Waals surface area contributed by atoms with Gasteiger partial charge in [-0.05, 0) is 57.2 Å². The molecule has 0 radical (unpaired) electrons. The fraction of sp³-hybridized carbons (Fsp3) is 0.154. The minimum atomic E-state index is 0.665. The molecule has 0 fully saturated rings. The van der Waals surface area contributed by atoms with Crippen molar-refractivity contribution in [2.24, 2.45) is 0 Å². The molecule has 2 aromatic carbocycles. The molecule has 0 saturated carbocycles. The van der Waals surface area contributed by atoms with Crippen molar-refractivity contribution >= 4 is 44.3 Å². The van der Waals surface area contributed by atoms with E-state index in [0.29, 0.717) is 5.82 Å². The summed E-state index contributed by atoms with van der Waals surface area (Å²) in [5.41, 5.74) is 6.18. The number of pyridine rings is 1. The zero-order chi connectivity index (χ0) is 23.4. The molecular weight excluding hydrogens is 428 g/mol. The van der Waals surface area contributed by atoms with E-state index in [0.717, 1.165) is 72.7 Å². The summed E-state index contributed by atoms with van der Waals surface area (Å²) < 4.78 is 11.2. The monoisotopic (exact) mass is 450 g/mol. The van der Waals surface area contributed by atoms with Crippen LogP contribution in [0, 0.1) is 20.8 Å². The minimum absolute atomic E-state index is 0.665. The molecule has 4 heterocycles. The van der Waals surface area contributed by atoms with E-state index in [9.17, 15) is 0 Å². The zero-order valence-electron chi connectivity index (χ0n) is 19.2. The van der Waals surface area contributed by atoms with Crippen LogP contribution in [0.15, 0.2) is 53.2 Å². The predicted octanol–water partition coefficient (Wildman–Crippen LogP) is 5.99. The number of aromatic amines is 1. The predicted molar refractivity (Wildman–Crippen MR) is 133 cm³/mol. The lowest BCUT2D eigenvalue weighted by Gasteiger charge is -2.11. The van der Waals surface area contributed by atoms with E-state index >= 15 is 0 Å². The van der Waals surface area contributed by atoms with Gasteiger partial charge in [0.15, 0.2) is 0 Å². The second-order valence-electron chi connectivity index (χ2n) is 8.27. The molecule has 0 bridgehead atoms. The van der Waals surface area contributed by atoms with Gasteiger partial charge in [0, 0.05) is 33.7 Å². The lowest BCUT2D eigenvalue weighted by Crippen LogP contribution is -1.99. The average molecular weight is 451 g/mol. The van der Waals surface area contributed by atoms with Crippen molar-refractivity contribution in [2.45, 2.75) is 20.8 Å². The fourth-order valence-electron chi connectivity index (χ4n) is 4.60. The number of methoxy groups -OCH3 is 1. The second kappa shape index (κ2) is 7.55. The average Bonchev–Trinajstić information content (AvgIpc) is 3.36. The topological polar surface area (TPSA) is 102 Å². The number of hydrogen-bond acceptors (Lipinski definition) is 7. The van der Waals surface area contributed by atoms with Crippen molar-refractivity contribution in [3.63, 3.8) is 0 Å². The first kappa shape index (κ1) is 20.2. The SMILES string of the molecule is COc1cc2c(cc1-c1c(C)noc1C)[nH]c1nc(C)nc(Nc3cccc4ncccc34)c12. The van der Waals surface area contributed by atoms with E-state index in [1.54, 1.807) is 13.3 Å². The number of benzene rings is 2. The third-order valence-electron chi connectivity index (χ3n) is 6.08. The number of aryl methyl sites for hydroxylation is 3. The molecule has 0 aliphatic carbocycles. The molecule has 0 unspecified atom stereocenters. The third kappa shape index (κ3) is 3.07. The summed E-state index contributed by atoms with van der Waals surface area (Å²) in [7, 11) is 1.67.